The van der Waals surface area contributed by atoms with Gasteiger partial charge in [-0.2, -0.15) is 0 Å². The van der Waals surface area contributed by atoms with Crippen molar-refractivity contribution in [2.75, 3.05) is 12.4 Å². The lowest BCUT2D eigenvalue weighted by Crippen LogP contribution is -2.44. The molecule has 0 atom stereocenters. The Labute approximate surface area is 152 Å². The number of methoxy groups -OCH3 is 1. The molecule has 0 aliphatic carbocycles. The molecule has 0 aromatic heterocycles. The van der Waals surface area contributed by atoms with E-state index in [1.165, 1.54) is 7.11 Å². The molecular formula is C19H21ClN2O3. The number of hydrogen-bond donors (Lipinski definition) is 2. The third kappa shape index (κ3) is 4.73. The van der Waals surface area contributed by atoms with Crippen molar-refractivity contribution in [2.45, 2.75) is 20.4 Å². The third-order valence-corrected chi connectivity index (χ3v) is 4.11. The van der Waals surface area contributed by atoms with Gasteiger partial charge in [0.1, 0.15) is 11.2 Å². The van der Waals surface area contributed by atoms with Gasteiger partial charge in [0.2, 0.25) is 11.8 Å². The lowest BCUT2D eigenvalue weighted by Gasteiger charge is -2.23. The summed E-state index contributed by atoms with van der Waals surface area (Å²) < 4.78 is 5.21. The summed E-state index contributed by atoms with van der Waals surface area (Å²) in [5.74, 6) is -0.242. The first kappa shape index (κ1) is 18.8. The van der Waals surface area contributed by atoms with E-state index < -0.39 is 11.3 Å². The minimum atomic E-state index is -1.24. The van der Waals surface area contributed by atoms with Gasteiger partial charge in [0, 0.05) is 11.6 Å². The van der Waals surface area contributed by atoms with Gasteiger partial charge in [0.25, 0.3) is 0 Å². The molecule has 0 saturated carbocycles. The van der Waals surface area contributed by atoms with Gasteiger partial charge < -0.3 is 15.4 Å². The predicted molar refractivity (Wildman–Crippen MR) is 98.7 cm³/mol. The van der Waals surface area contributed by atoms with Crippen molar-refractivity contribution in [1.29, 1.82) is 0 Å². The van der Waals surface area contributed by atoms with E-state index in [1.54, 1.807) is 50.2 Å². The summed E-state index contributed by atoms with van der Waals surface area (Å²) in [7, 11) is 1.52. The van der Waals surface area contributed by atoms with Crippen LogP contribution >= 0.6 is 11.6 Å². The summed E-state index contributed by atoms with van der Waals surface area (Å²) in [6.07, 6.45) is 0. The molecule has 2 amide bonds. The lowest BCUT2D eigenvalue weighted by molar-refractivity contribution is -0.138. The monoisotopic (exact) mass is 360 g/mol. The molecule has 0 aliphatic rings. The minimum Gasteiger partial charge on any atom is -0.495 e. The molecule has 0 saturated heterocycles. The van der Waals surface area contributed by atoms with Crippen LogP contribution < -0.4 is 15.4 Å². The summed E-state index contributed by atoms with van der Waals surface area (Å²) in [5.41, 5.74) is 0.181. The number of para-hydroxylation sites is 2. The van der Waals surface area contributed by atoms with Crippen molar-refractivity contribution in [2.24, 2.45) is 5.41 Å². The second-order valence-electron chi connectivity index (χ2n) is 6.09. The highest BCUT2D eigenvalue weighted by Crippen LogP contribution is 2.26. The van der Waals surface area contributed by atoms with Crippen LogP contribution in [0.3, 0.4) is 0 Å². The molecule has 132 valence electrons. The van der Waals surface area contributed by atoms with Gasteiger partial charge >= 0.3 is 0 Å². The molecule has 0 fully saturated rings. The average Bonchev–Trinajstić information content (AvgIpc) is 2.61. The number of benzene rings is 2. The first-order valence-corrected chi connectivity index (χ1v) is 8.19. The highest BCUT2D eigenvalue weighted by Gasteiger charge is 2.36. The number of nitrogens with one attached hydrogen (secondary N) is 2. The van der Waals surface area contributed by atoms with Crippen LogP contribution in [0, 0.1) is 5.41 Å². The number of anilines is 1. The van der Waals surface area contributed by atoms with E-state index in [9.17, 15) is 9.59 Å². The Morgan fingerprint density at radius 1 is 1.04 bits per heavy atom. The van der Waals surface area contributed by atoms with Crippen molar-refractivity contribution in [3.63, 3.8) is 0 Å². The molecule has 5 nitrogen and oxygen atoms in total. The van der Waals surface area contributed by atoms with E-state index >= 15 is 0 Å². The Morgan fingerprint density at radius 2 is 1.68 bits per heavy atom. The minimum absolute atomic E-state index is 0.321. The number of carbonyl (C=O) groups is 2. The topological polar surface area (TPSA) is 67.4 Å². The number of amides is 2. The standard InChI is InChI=1S/C19H21ClN2O3/c1-19(2,17(23)21-12-13-8-10-14(20)11-9-13)18(24)22-15-6-4-5-7-16(15)25-3/h4-11H,12H2,1-3H3,(H,21,23)(H,22,24). The molecule has 0 heterocycles. The van der Waals surface area contributed by atoms with Crippen molar-refractivity contribution in [3.05, 3.63) is 59.1 Å². The number of rotatable bonds is 6. The fourth-order valence-corrected chi connectivity index (χ4v) is 2.26. The van der Waals surface area contributed by atoms with Crippen LogP contribution in [0.4, 0.5) is 5.69 Å². The van der Waals surface area contributed by atoms with Crippen LogP contribution in [0.1, 0.15) is 19.4 Å². The zero-order valence-electron chi connectivity index (χ0n) is 14.4. The maximum Gasteiger partial charge on any atom is 0.239 e. The summed E-state index contributed by atoms with van der Waals surface area (Å²) >= 11 is 5.84. The Kier molecular flexibility index (Phi) is 6.04. The van der Waals surface area contributed by atoms with Gasteiger partial charge in [-0.1, -0.05) is 35.9 Å². The van der Waals surface area contributed by atoms with Gasteiger partial charge in [-0.15, -0.1) is 0 Å². The summed E-state index contributed by atoms with van der Waals surface area (Å²) in [6, 6.07) is 14.2. The Bertz CT molecular complexity index is 758. The molecule has 0 spiro atoms. The van der Waals surface area contributed by atoms with E-state index in [1.807, 2.05) is 12.1 Å². The first-order chi connectivity index (χ1) is 11.8. The van der Waals surface area contributed by atoms with E-state index in [-0.39, 0.29) is 5.91 Å². The van der Waals surface area contributed by atoms with E-state index in [0.717, 1.165) is 5.56 Å². The fraction of sp³-hybridized carbons (Fsp3) is 0.263. The summed E-state index contributed by atoms with van der Waals surface area (Å²) in [6.45, 7) is 3.48. The fourth-order valence-electron chi connectivity index (χ4n) is 2.14. The largest absolute Gasteiger partial charge is 0.495 e. The van der Waals surface area contributed by atoms with Crippen molar-refractivity contribution >= 4 is 29.1 Å². The number of ether oxygens (including phenoxy) is 1. The molecule has 25 heavy (non-hydrogen) atoms. The van der Waals surface area contributed by atoms with E-state index in [0.29, 0.717) is 23.0 Å². The second-order valence-corrected chi connectivity index (χ2v) is 6.52. The molecular weight excluding hydrogens is 340 g/mol. The highest BCUT2D eigenvalue weighted by molar-refractivity contribution is 6.30. The van der Waals surface area contributed by atoms with Crippen LogP contribution in [0.2, 0.25) is 5.02 Å². The van der Waals surface area contributed by atoms with E-state index in [4.69, 9.17) is 16.3 Å². The molecule has 0 unspecified atom stereocenters. The Morgan fingerprint density at radius 3 is 2.32 bits per heavy atom. The van der Waals surface area contributed by atoms with Gasteiger partial charge in [0.15, 0.2) is 0 Å². The van der Waals surface area contributed by atoms with Crippen molar-refractivity contribution < 1.29 is 14.3 Å². The van der Waals surface area contributed by atoms with Crippen molar-refractivity contribution in [1.82, 2.24) is 5.32 Å². The van der Waals surface area contributed by atoms with Gasteiger partial charge in [0.05, 0.1) is 12.8 Å². The molecule has 0 aliphatic heterocycles. The van der Waals surface area contributed by atoms with Crippen LogP contribution in [0.15, 0.2) is 48.5 Å². The second kappa shape index (κ2) is 8.03. The number of carbonyl (C=O) groups excluding carboxylic acids is 2. The lowest BCUT2D eigenvalue weighted by atomic mass is 9.90. The first-order valence-electron chi connectivity index (χ1n) is 7.82. The maximum absolute atomic E-state index is 12.6. The van der Waals surface area contributed by atoms with E-state index in [2.05, 4.69) is 10.6 Å². The molecule has 2 N–H and O–H groups in total. The quantitative estimate of drug-likeness (QED) is 0.773. The normalized spacial score (nSPS) is 10.9. The molecule has 0 radical (unpaired) electrons. The Balaban J connectivity index is 2.01. The summed E-state index contributed by atoms with van der Waals surface area (Å²) in [4.78, 5) is 25.0. The molecule has 2 rings (SSSR count). The zero-order chi connectivity index (χ0) is 18.4. The van der Waals surface area contributed by atoms with Gasteiger partial charge in [-0.25, -0.2) is 0 Å². The maximum atomic E-state index is 12.6. The van der Waals surface area contributed by atoms with Crippen LogP contribution in [0.25, 0.3) is 0 Å². The zero-order valence-corrected chi connectivity index (χ0v) is 15.2. The highest BCUT2D eigenvalue weighted by atomic mass is 35.5. The third-order valence-electron chi connectivity index (χ3n) is 3.86. The Hall–Kier alpha value is -2.53. The molecule has 0 bridgehead atoms. The van der Waals surface area contributed by atoms with Crippen LogP contribution in [-0.2, 0) is 16.1 Å². The number of halogens is 1. The molecule has 6 heteroatoms. The van der Waals surface area contributed by atoms with Gasteiger partial charge in [-0.3, -0.25) is 9.59 Å². The molecule has 2 aromatic carbocycles. The number of hydrogen-bond acceptors (Lipinski definition) is 3. The van der Waals surface area contributed by atoms with Gasteiger partial charge in [-0.05, 0) is 43.7 Å². The average molecular weight is 361 g/mol. The SMILES string of the molecule is COc1ccccc1NC(=O)C(C)(C)C(=O)NCc1ccc(Cl)cc1. The van der Waals surface area contributed by atoms with Crippen LogP contribution in [0.5, 0.6) is 5.75 Å². The predicted octanol–water partition coefficient (Wildman–Crippen LogP) is 3.63. The summed E-state index contributed by atoms with van der Waals surface area (Å²) in [5, 5.41) is 6.16. The molecule has 2 aromatic rings. The van der Waals surface area contributed by atoms with Crippen LogP contribution in [-0.4, -0.2) is 18.9 Å². The van der Waals surface area contributed by atoms with Crippen molar-refractivity contribution in [3.8, 4) is 5.75 Å². The smallest absolute Gasteiger partial charge is 0.239 e.